The Morgan fingerprint density at radius 3 is 2.63 bits per heavy atom. The molecule has 1 aromatic heterocycles. The van der Waals surface area contributed by atoms with E-state index in [2.05, 4.69) is 16.0 Å². The molecule has 0 spiro atoms. The fourth-order valence-corrected chi connectivity index (χ4v) is 1.85. The van der Waals surface area contributed by atoms with Gasteiger partial charge >= 0.3 is 0 Å². The lowest BCUT2D eigenvalue weighted by Crippen LogP contribution is -2.11. The second kappa shape index (κ2) is 6.25. The number of pyridine rings is 1. The van der Waals surface area contributed by atoms with Crippen molar-refractivity contribution in [3.63, 3.8) is 0 Å². The van der Waals surface area contributed by atoms with E-state index in [1.807, 2.05) is 32.3 Å². The molecule has 0 aliphatic heterocycles. The van der Waals surface area contributed by atoms with Crippen molar-refractivity contribution in [2.24, 2.45) is 0 Å². The predicted octanol–water partition coefficient (Wildman–Crippen LogP) is 3.21. The van der Waals surface area contributed by atoms with Gasteiger partial charge in [-0.2, -0.15) is 0 Å². The van der Waals surface area contributed by atoms with E-state index in [9.17, 15) is 4.39 Å². The average molecular weight is 256 g/mol. The smallest absolute Gasteiger partial charge is 0.123 e. The first-order valence-corrected chi connectivity index (χ1v) is 6.18. The number of hydrogen-bond acceptors (Lipinski definition) is 2. The monoisotopic (exact) mass is 256 g/mol. The zero-order valence-corrected chi connectivity index (χ0v) is 11.2. The van der Waals surface area contributed by atoms with Gasteiger partial charge in [0.1, 0.15) is 5.82 Å². The van der Waals surface area contributed by atoms with E-state index < -0.39 is 0 Å². The van der Waals surface area contributed by atoms with Crippen LogP contribution in [-0.4, -0.2) is 30.5 Å². The maximum Gasteiger partial charge on any atom is 0.123 e. The summed E-state index contributed by atoms with van der Waals surface area (Å²) in [6.45, 7) is 0.792. The Kier molecular flexibility index (Phi) is 4.42. The number of halogens is 1. The summed E-state index contributed by atoms with van der Waals surface area (Å²) in [6, 6.07) is 10.5. The van der Waals surface area contributed by atoms with Crippen LogP contribution in [0.5, 0.6) is 0 Å². The molecule has 0 amide bonds. The summed E-state index contributed by atoms with van der Waals surface area (Å²) in [5, 5.41) is 0. The highest BCUT2D eigenvalue weighted by atomic mass is 19.1. The van der Waals surface area contributed by atoms with Crippen LogP contribution in [0.2, 0.25) is 0 Å². The minimum atomic E-state index is -0.225. The Morgan fingerprint density at radius 1 is 1.21 bits per heavy atom. The Morgan fingerprint density at radius 2 is 2.00 bits per heavy atom. The van der Waals surface area contributed by atoms with Gasteiger partial charge in [-0.05, 0) is 43.4 Å². The standard InChI is InChI=1S/C16H17FN2/c1-19(2)10-8-16(14-6-4-9-18-12-14)13-5-3-7-15(17)11-13/h3-9,11-12H,10H2,1-2H3/b16-8-. The van der Waals surface area contributed by atoms with E-state index in [-0.39, 0.29) is 5.82 Å². The zero-order chi connectivity index (χ0) is 13.7. The lowest BCUT2D eigenvalue weighted by Gasteiger charge is -2.11. The molecular formula is C16H17FN2. The number of nitrogens with zero attached hydrogens (tertiary/aromatic N) is 2. The molecule has 0 aliphatic rings. The van der Waals surface area contributed by atoms with Crippen molar-refractivity contribution in [2.45, 2.75) is 0 Å². The normalized spacial score (nSPS) is 11.9. The molecule has 0 bridgehead atoms. The van der Waals surface area contributed by atoms with Crippen molar-refractivity contribution in [3.05, 3.63) is 71.8 Å². The van der Waals surface area contributed by atoms with Crippen molar-refractivity contribution in [2.75, 3.05) is 20.6 Å². The minimum absolute atomic E-state index is 0.225. The number of rotatable bonds is 4. The van der Waals surface area contributed by atoms with Gasteiger partial charge in [-0.3, -0.25) is 4.98 Å². The summed E-state index contributed by atoms with van der Waals surface area (Å²) < 4.78 is 13.4. The van der Waals surface area contributed by atoms with Gasteiger partial charge in [-0.1, -0.05) is 24.3 Å². The first kappa shape index (κ1) is 13.4. The van der Waals surface area contributed by atoms with Crippen LogP contribution in [0.3, 0.4) is 0 Å². The van der Waals surface area contributed by atoms with Crippen molar-refractivity contribution in [1.29, 1.82) is 0 Å². The number of benzene rings is 1. The van der Waals surface area contributed by atoms with Crippen LogP contribution in [0.1, 0.15) is 11.1 Å². The number of hydrogen-bond donors (Lipinski definition) is 0. The van der Waals surface area contributed by atoms with E-state index in [4.69, 9.17) is 0 Å². The Hall–Kier alpha value is -2.00. The second-order valence-electron chi connectivity index (χ2n) is 4.63. The molecule has 0 fully saturated rings. The quantitative estimate of drug-likeness (QED) is 0.835. The summed E-state index contributed by atoms with van der Waals surface area (Å²) in [6.07, 6.45) is 5.62. The van der Waals surface area contributed by atoms with E-state index in [0.717, 1.165) is 23.2 Å². The van der Waals surface area contributed by atoms with Gasteiger partial charge in [0.2, 0.25) is 0 Å². The van der Waals surface area contributed by atoms with Crippen LogP contribution in [0.25, 0.3) is 5.57 Å². The van der Waals surface area contributed by atoms with Crippen molar-refractivity contribution < 1.29 is 4.39 Å². The molecule has 0 atom stereocenters. The van der Waals surface area contributed by atoms with Gasteiger partial charge in [0.15, 0.2) is 0 Å². The molecule has 0 radical (unpaired) electrons. The topological polar surface area (TPSA) is 16.1 Å². The molecule has 0 aliphatic carbocycles. The third-order valence-corrected chi connectivity index (χ3v) is 2.77. The van der Waals surface area contributed by atoms with Gasteiger partial charge in [-0.15, -0.1) is 0 Å². The molecule has 19 heavy (non-hydrogen) atoms. The average Bonchev–Trinajstić information content (AvgIpc) is 2.40. The fourth-order valence-electron chi connectivity index (χ4n) is 1.85. The number of likely N-dealkylation sites (N-methyl/N-ethyl adjacent to an activating group) is 1. The second-order valence-corrected chi connectivity index (χ2v) is 4.63. The van der Waals surface area contributed by atoms with Crippen molar-refractivity contribution >= 4 is 5.57 Å². The van der Waals surface area contributed by atoms with Crippen molar-refractivity contribution in [1.82, 2.24) is 9.88 Å². The Balaban J connectivity index is 2.43. The van der Waals surface area contributed by atoms with Gasteiger partial charge in [0.25, 0.3) is 0 Å². The van der Waals surface area contributed by atoms with E-state index in [1.165, 1.54) is 6.07 Å². The summed E-state index contributed by atoms with van der Waals surface area (Å²) in [4.78, 5) is 6.20. The highest BCUT2D eigenvalue weighted by Gasteiger charge is 2.06. The minimum Gasteiger partial charge on any atom is -0.306 e. The zero-order valence-electron chi connectivity index (χ0n) is 11.2. The molecule has 2 rings (SSSR count). The first-order valence-electron chi connectivity index (χ1n) is 6.18. The predicted molar refractivity (Wildman–Crippen MR) is 76.3 cm³/mol. The molecule has 98 valence electrons. The molecule has 0 saturated heterocycles. The third kappa shape index (κ3) is 3.73. The van der Waals surface area contributed by atoms with Gasteiger partial charge in [0, 0.05) is 24.5 Å². The molecule has 2 aromatic rings. The Labute approximate surface area is 113 Å². The first-order chi connectivity index (χ1) is 9.16. The molecule has 0 unspecified atom stereocenters. The summed E-state index contributed by atoms with van der Waals surface area (Å²) in [5.41, 5.74) is 2.87. The summed E-state index contributed by atoms with van der Waals surface area (Å²) in [7, 11) is 4.01. The molecule has 0 N–H and O–H groups in total. The fraction of sp³-hybridized carbons (Fsp3) is 0.188. The maximum atomic E-state index is 13.4. The van der Waals surface area contributed by atoms with E-state index in [0.29, 0.717) is 0 Å². The van der Waals surface area contributed by atoms with Crippen molar-refractivity contribution in [3.8, 4) is 0 Å². The van der Waals surface area contributed by atoms with Crippen LogP contribution >= 0.6 is 0 Å². The highest BCUT2D eigenvalue weighted by molar-refractivity contribution is 5.79. The molecular weight excluding hydrogens is 239 g/mol. The molecule has 2 nitrogen and oxygen atoms in total. The van der Waals surface area contributed by atoms with Gasteiger partial charge in [0.05, 0.1) is 0 Å². The summed E-state index contributed by atoms with van der Waals surface area (Å²) in [5.74, 6) is -0.225. The van der Waals surface area contributed by atoms with E-state index in [1.54, 1.807) is 24.5 Å². The highest BCUT2D eigenvalue weighted by Crippen LogP contribution is 2.23. The van der Waals surface area contributed by atoms with Crippen LogP contribution in [-0.2, 0) is 0 Å². The third-order valence-electron chi connectivity index (χ3n) is 2.77. The number of aromatic nitrogens is 1. The van der Waals surface area contributed by atoms with Gasteiger partial charge in [-0.25, -0.2) is 4.39 Å². The van der Waals surface area contributed by atoms with Crippen LogP contribution in [0.4, 0.5) is 4.39 Å². The molecule has 3 heteroatoms. The summed E-state index contributed by atoms with van der Waals surface area (Å²) >= 11 is 0. The largest absolute Gasteiger partial charge is 0.306 e. The lowest BCUT2D eigenvalue weighted by atomic mass is 9.99. The maximum absolute atomic E-state index is 13.4. The SMILES string of the molecule is CN(C)C/C=C(\c1cccnc1)c1cccc(F)c1. The lowest BCUT2D eigenvalue weighted by molar-refractivity contribution is 0.457. The molecule has 1 heterocycles. The Bertz CT molecular complexity index is 562. The van der Waals surface area contributed by atoms with Crippen LogP contribution < -0.4 is 0 Å². The van der Waals surface area contributed by atoms with Crippen LogP contribution in [0, 0.1) is 5.82 Å². The molecule has 1 aromatic carbocycles. The van der Waals surface area contributed by atoms with Gasteiger partial charge < -0.3 is 4.90 Å². The van der Waals surface area contributed by atoms with E-state index >= 15 is 0 Å². The van der Waals surface area contributed by atoms with Crippen LogP contribution in [0.15, 0.2) is 54.9 Å². The molecule has 0 saturated carbocycles.